The van der Waals surface area contributed by atoms with Gasteiger partial charge < -0.3 is 20.5 Å². The van der Waals surface area contributed by atoms with Gasteiger partial charge in [0, 0.05) is 17.6 Å². The highest BCUT2D eigenvalue weighted by atomic mass is 16.5. The van der Waals surface area contributed by atoms with Crippen molar-refractivity contribution in [3.63, 3.8) is 0 Å². The lowest BCUT2D eigenvalue weighted by Gasteiger charge is -2.09. The topological polar surface area (TPSA) is 113 Å². The Morgan fingerprint density at radius 3 is 2.07 bits per heavy atom. The van der Waals surface area contributed by atoms with E-state index in [1.807, 2.05) is 0 Å². The van der Waals surface area contributed by atoms with Gasteiger partial charge in [0.25, 0.3) is 0 Å². The van der Waals surface area contributed by atoms with Crippen molar-refractivity contribution in [1.82, 2.24) is 9.97 Å². The maximum atomic E-state index is 11.5. The summed E-state index contributed by atoms with van der Waals surface area (Å²) in [5.74, 6) is -0.471. The van der Waals surface area contributed by atoms with Crippen LogP contribution in [0.2, 0.25) is 0 Å². The van der Waals surface area contributed by atoms with Crippen molar-refractivity contribution < 1.29 is 19.4 Å². The lowest BCUT2D eigenvalue weighted by atomic mass is 10.2. The van der Waals surface area contributed by atoms with Crippen molar-refractivity contribution in [2.24, 2.45) is 0 Å². The number of carbonyl (C=O) groups is 2. The molecule has 0 aliphatic carbocycles. The van der Waals surface area contributed by atoms with E-state index in [4.69, 9.17) is 5.11 Å². The van der Waals surface area contributed by atoms with E-state index in [1.165, 1.54) is 19.2 Å². The highest BCUT2D eigenvalue weighted by molar-refractivity contribution is 5.89. The van der Waals surface area contributed by atoms with Crippen LogP contribution < -0.4 is 10.6 Å². The number of ether oxygens (including phenoxy) is 1. The Hall–Kier alpha value is -3.94. The first-order chi connectivity index (χ1) is 13.0. The Balaban J connectivity index is 1.70. The van der Waals surface area contributed by atoms with Gasteiger partial charge in [-0.15, -0.1) is 0 Å². The molecule has 0 amide bonds. The molecule has 0 saturated heterocycles. The molecule has 0 radical (unpaired) electrons. The fourth-order valence-electron chi connectivity index (χ4n) is 2.27. The van der Waals surface area contributed by atoms with E-state index < -0.39 is 11.9 Å². The average Bonchev–Trinajstić information content (AvgIpc) is 2.68. The van der Waals surface area contributed by atoms with Gasteiger partial charge in [0.1, 0.15) is 5.82 Å². The summed E-state index contributed by atoms with van der Waals surface area (Å²) >= 11 is 0. The number of hydrogen-bond acceptors (Lipinski definition) is 7. The zero-order chi connectivity index (χ0) is 19.2. The van der Waals surface area contributed by atoms with Crippen molar-refractivity contribution in [1.29, 1.82) is 0 Å². The molecule has 0 spiro atoms. The van der Waals surface area contributed by atoms with E-state index in [2.05, 4.69) is 25.3 Å². The van der Waals surface area contributed by atoms with Gasteiger partial charge in [-0.1, -0.05) is 0 Å². The molecule has 0 bridgehead atoms. The van der Waals surface area contributed by atoms with Crippen molar-refractivity contribution in [3.8, 4) is 0 Å². The standard InChI is InChI=1S/C19H16N4O4/c1-27-18(26)13-4-8-15(9-5-13)22-19-20-11-10-16(23-19)21-14-6-2-12(3-7-14)17(24)25/h2-11H,1H3,(H,24,25)(H2,20,21,22,23). The van der Waals surface area contributed by atoms with Crippen molar-refractivity contribution in [2.75, 3.05) is 17.7 Å². The molecule has 136 valence electrons. The van der Waals surface area contributed by atoms with Gasteiger partial charge in [-0.3, -0.25) is 0 Å². The second kappa shape index (κ2) is 7.96. The van der Waals surface area contributed by atoms with E-state index in [0.717, 1.165) is 0 Å². The first kappa shape index (κ1) is 17.9. The van der Waals surface area contributed by atoms with Crippen LogP contribution in [0.3, 0.4) is 0 Å². The van der Waals surface area contributed by atoms with Crippen molar-refractivity contribution >= 4 is 35.1 Å². The fourth-order valence-corrected chi connectivity index (χ4v) is 2.27. The molecular formula is C19H16N4O4. The van der Waals surface area contributed by atoms with E-state index in [1.54, 1.807) is 48.7 Å². The molecule has 1 aromatic heterocycles. The van der Waals surface area contributed by atoms with Crippen LogP contribution in [0.15, 0.2) is 60.8 Å². The number of aromatic carboxylic acids is 1. The summed E-state index contributed by atoms with van der Waals surface area (Å²) in [5.41, 5.74) is 2.07. The quantitative estimate of drug-likeness (QED) is 0.570. The number of methoxy groups -OCH3 is 1. The van der Waals surface area contributed by atoms with Crippen LogP contribution in [0, 0.1) is 0 Å². The van der Waals surface area contributed by atoms with Crippen LogP contribution in [-0.4, -0.2) is 34.1 Å². The lowest BCUT2D eigenvalue weighted by Crippen LogP contribution is -2.02. The molecule has 27 heavy (non-hydrogen) atoms. The van der Waals surface area contributed by atoms with Crippen molar-refractivity contribution in [2.45, 2.75) is 0 Å². The van der Waals surface area contributed by atoms with E-state index in [-0.39, 0.29) is 5.56 Å². The molecular weight excluding hydrogens is 348 g/mol. The van der Waals surface area contributed by atoms with Crippen LogP contribution in [0.1, 0.15) is 20.7 Å². The van der Waals surface area contributed by atoms with Crippen LogP contribution in [0.5, 0.6) is 0 Å². The number of nitrogens with zero attached hydrogens (tertiary/aromatic N) is 2. The minimum atomic E-state index is -0.978. The second-order valence-electron chi connectivity index (χ2n) is 5.47. The number of aromatic nitrogens is 2. The number of carbonyl (C=O) groups excluding carboxylic acids is 1. The molecule has 0 aliphatic heterocycles. The van der Waals surface area contributed by atoms with Crippen molar-refractivity contribution in [3.05, 3.63) is 71.9 Å². The normalized spacial score (nSPS) is 10.1. The molecule has 3 aromatic rings. The van der Waals surface area contributed by atoms with E-state index in [0.29, 0.717) is 28.7 Å². The highest BCUT2D eigenvalue weighted by Gasteiger charge is 2.06. The number of esters is 1. The van der Waals surface area contributed by atoms with Gasteiger partial charge in [0.15, 0.2) is 0 Å². The first-order valence-electron chi connectivity index (χ1n) is 7.94. The highest BCUT2D eigenvalue weighted by Crippen LogP contribution is 2.18. The monoisotopic (exact) mass is 364 g/mol. The molecule has 0 saturated carbocycles. The minimum Gasteiger partial charge on any atom is -0.478 e. The zero-order valence-corrected chi connectivity index (χ0v) is 14.3. The third-order valence-corrected chi connectivity index (χ3v) is 3.62. The number of carboxylic acids is 1. The molecule has 8 heteroatoms. The number of benzene rings is 2. The third kappa shape index (κ3) is 4.57. The smallest absolute Gasteiger partial charge is 0.337 e. The molecule has 2 aromatic carbocycles. The summed E-state index contributed by atoms with van der Waals surface area (Å²) in [4.78, 5) is 30.8. The first-order valence-corrected chi connectivity index (χ1v) is 7.94. The molecule has 0 aliphatic rings. The molecule has 0 fully saturated rings. The van der Waals surface area contributed by atoms with Gasteiger partial charge in [0.2, 0.25) is 5.95 Å². The second-order valence-corrected chi connectivity index (χ2v) is 5.47. The van der Waals surface area contributed by atoms with Gasteiger partial charge in [-0.05, 0) is 54.6 Å². The number of nitrogens with one attached hydrogen (secondary N) is 2. The summed E-state index contributed by atoms with van der Waals surface area (Å²) in [6, 6.07) is 14.7. The van der Waals surface area contributed by atoms with Crippen LogP contribution >= 0.6 is 0 Å². The molecule has 3 N–H and O–H groups in total. The lowest BCUT2D eigenvalue weighted by molar-refractivity contribution is 0.0600. The van der Waals surface area contributed by atoms with E-state index >= 15 is 0 Å². The van der Waals surface area contributed by atoms with Crippen LogP contribution in [-0.2, 0) is 4.74 Å². The van der Waals surface area contributed by atoms with Gasteiger partial charge in [-0.25, -0.2) is 14.6 Å². The Kier molecular flexibility index (Phi) is 5.27. The maximum absolute atomic E-state index is 11.5. The fraction of sp³-hybridized carbons (Fsp3) is 0.0526. The molecule has 8 nitrogen and oxygen atoms in total. The molecule has 1 heterocycles. The zero-order valence-electron chi connectivity index (χ0n) is 14.3. The van der Waals surface area contributed by atoms with Gasteiger partial charge in [0.05, 0.1) is 18.2 Å². The van der Waals surface area contributed by atoms with Crippen LogP contribution in [0.4, 0.5) is 23.1 Å². The molecule has 0 atom stereocenters. The SMILES string of the molecule is COC(=O)c1ccc(Nc2nccc(Nc3ccc(C(=O)O)cc3)n2)cc1. The summed E-state index contributed by atoms with van der Waals surface area (Å²) in [7, 11) is 1.33. The number of rotatable bonds is 6. The Labute approximate surface area is 154 Å². The maximum Gasteiger partial charge on any atom is 0.337 e. The van der Waals surface area contributed by atoms with Gasteiger partial charge in [-0.2, -0.15) is 4.98 Å². The third-order valence-electron chi connectivity index (χ3n) is 3.62. The summed E-state index contributed by atoms with van der Waals surface area (Å²) in [6.07, 6.45) is 1.59. The van der Waals surface area contributed by atoms with Crippen LogP contribution in [0.25, 0.3) is 0 Å². The number of hydrogen-bond donors (Lipinski definition) is 3. The predicted molar refractivity (Wildman–Crippen MR) is 99.8 cm³/mol. The Bertz CT molecular complexity index is 956. The Morgan fingerprint density at radius 1 is 0.889 bits per heavy atom. The minimum absolute atomic E-state index is 0.209. The summed E-state index contributed by atoms with van der Waals surface area (Å²) < 4.78 is 4.66. The summed E-state index contributed by atoms with van der Waals surface area (Å²) in [6.45, 7) is 0. The summed E-state index contributed by atoms with van der Waals surface area (Å²) in [5, 5.41) is 15.1. The van der Waals surface area contributed by atoms with E-state index in [9.17, 15) is 9.59 Å². The molecule has 3 rings (SSSR count). The number of anilines is 4. The Morgan fingerprint density at radius 2 is 1.48 bits per heavy atom. The predicted octanol–water partition coefficient (Wildman–Crippen LogP) is 3.45. The van der Waals surface area contributed by atoms with Gasteiger partial charge >= 0.3 is 11.9 Å². The number of carboxylic acid groups (broad SMARTS) is 1. The largest absolute Gasteiger partial charge is 0.478 e. The molecule has 0 unspecified atom stereocenters. The average molecular weight is 364 g/mol.